The van der Waals surface area contributed by atoms with Gasteiger partial charge in [0.15, 0.2) is 11.6 Å². The summed E-state index contributed by atoms with van der Waals surface area (Å²) in [7, 11) is 1.62. The fraction of sp³-hybridized carbons (Fsp3) is 0.120. The lowest BCUT2D eigenvalue weighted by atomic mass is 10.0. The van der Waals surface area contributed by atoms with E-state index in [4.69, 9.17) is 4.74 Å². The van der Waals surface area contributed by atoms with Crippen molar-refractivity contribution in [2.24, 2.45) is 0 Å². The van der Waals surface area contributed by atoms with Crippen LogP contribution in [0.5, 0.6) is 5.75 Å². The molecule has 4 nitrogen and oxygen atoms in total. The van der Waals surface area contributed by atoms with Gasteiger partial charge in [0.2, 0.25) is 0 Å². The molecule has 4 aromatic rings. The number of ether oxygens (including phenoxy) is 1. The van der Waals surface area contributed by atoms with Gasteiger partial charge >= 0.3 is 0 Å². The highest BCUT2D eigenvalue weighted by molar-refractivity contribution is 6.11. The summed E-state index contributed by atoms with van der Waals surface area (Å²) in [6, 6.07) is 24.6. The zero-order chi connectivity index (χ0) is 20.4. The second-order valence-corrected chi connectivity index (χ2v) is 6.90. The van der Waals surface area contributed by atoms with Gasteiger partial charge in [-0.25, -0.2) is 0 Å². The van der Waals surface area contributed by atoms with Gasteiger partial charge in [-0.1, -0.05) is 60.7 Å². The molecule has 0 radical (unpaired) electrons. The van der Waals surface area contributed by atoms with Crippen molar-refractivity contribution < 1.29 is 14.3 Å². The van der Waals surface area contributed by atoms with Crippen LogP contribution >= 0.6 is 0 Å². The van der Waals surface area contributed by atoms with Crippen molar-refractivity contribution in [3.05, 3.63) is 90.1 Å². The second kappa shape index (κ2) is 7.76. The Bertz CT molecular complexity index is 1190. The van der Waals surface area contributed by atoms with Crippen molar-refractivity contribution in [2.45, 2.75) is 13.5 Å². The highest BCUT2D eigenvalue weighted by Gasteiger charge is 2.23. The highest BCUT2D eigenvalue weighted by Crippen LogP contribution is 2.36. The molecule has 3 aromatic carbocycles. The first-order valence-electron chi connectivity index (χ1n) is 9.45. The van der Waals surface area contributed by atoms with Crippen LogP contribution in [0.3, 0.4) is 0 Å². The van der Waals surface area contributed by atoms with Crippen molar-refractivity contribution in [3.63, 3.8) is 0 Å². The molecular weight excluding hydrogens is 362 g/mol. The lowest BCUT2D eigenvalue weighted by Gasteiger charge is -2.10. The second-order valence-electron chi connectivity index (χ2n) is 6.90. The summed E-state index contributed by atoms with van der Waals surface area (Å²) in [6.07, 6.45) is 0. The van der Waals surface area contributed by atoms with Gasteiger partial charge in [-0.2, -0.15) is 0 Å². The standard InChI is InChI=1S/C25H21NO3/c1-17(27)25-24(19-12-14-20(29-2)15-13-19)21-10-6-7-11-22(21)26(25)16-23(28)18-8-4-3-5-9-18/h3-15H,16H2,1-2H3. The number of fused-ring (bicyclic) bond motifs is 1. The Balaban J connectivity index is 1.91. The average Bonchev–Trinajstić information content (AvgIpc) is 3.09. The van der Waals surface area contributed by atoms with Crippen LogP contribution in [-0.2, 0) is 6.54 Å². The van der Waals surface area contributed by atoms with Crippen molar-refractivity contribution in [3.8, 4) is 16.9 Å². The molecule has 0 saturated carbocycles. The first-order chi connectivity index (χ1) is 14.1. The number of hydrogen-bond acceptors (Lipinski definition) is 3. The summed E-state index contributed by atoms with van der Waals surface area (Å²) in [5.74, 6) is 0.643. The van der Waals surface area contributed by atoms with Gasteiger partial charge in [-0.15, -0.1) is 0 Å². The minimum Gasteiger partial charge on any atom is -0.497 e. The predicted molar refractivity (Wildman–Crippen MR) is 115 cm³/mol. The maximum atomic E-state index is 12.9. The molecule has 0 aliphatic heterocycles. The number of nitrogens with zero attached hydrogens (tertiary/aromatic N) is 1. The van der Waals surface area contributed by atoms with Crippen LogP contribution in [0, 0.1) is 0 Å². The van der Waals surface area contributed by atoms with E-state index in [0.29, 0.717) is 11.3 Å². The SMILES string of the molecule is COc1ccc(-c2c(C(C)=O)n(CC(=O)c3ccccc3)c3ccccc23)cc1. The van der Waals surface area contributed by atoms with Crippen molar-refractivity contribution in [1.82, 2.24) is 4.57 Å². The molecule has 0 aliphatic rings. The summed E-state index contributed by atoms with van der Waals surface area (Å²) < 4.78 is 7.10. The van der Waals surface area contributed by atoms with Gasteiger partial charge in [0.25, 0.3) is 0 Å². The molecular formula is C25H21NO3. The molecule has 0 spiro atoms. The van der Waals surface area contributed by atoms with Crippen LogP contribution in [-0.4, -0.2) is 23.2 Å². The van der Waals surface area contributed by atoms with E-state index in [2.05, 4.69) is 0 Å². The molecule has 0 unspecified atom stereocenters. The van der Waals surface area contributed by atoms with Crippen LogP contribution in [0.4, 0.5) is 0 Å². The quantitative estimate of drug-likeness (QED) is 0.419. The van der Waals surface area contributed by atoms with E-state index in [1.807, 2.05) is 71.3 Å². The zero-order valence-corrected chi connectivity index (χ0v) is 16.4. The Labute approximate surface area is 169 Å². The zero-order valence-electron chi connectivity index (χ0n) is 16.4. The minimum atomic E-state index is -0.0760. The fourth-order valence-corrected chi connectivity index (χ4v) is 3.74. The number of carbonyl (C=O) groups excluding carboxylic acids is 2. The first kappa shape index (κ1) is 18.7. The van der Waals surface area contributed by atoms with Crippen LogP contribution in [0.1, 0.15) is 27.8 Å². The summed E-state index contributed by atoms with van der Waals surface area (Å²) in [5.41, 5.74) is 3.80. The maximum absolute atomic E-state index is 12.9. The number of carbonyl (C=O) groups is 2. The number of para-hydroxylation sites is 1. The van der Waals surface area contributed by atoms with E-state index in [1.54, 1.807) is 26.2 Å². The normalized spacial score (nSPS) is 10.8. The van der Waals surface area contributed by atoms with Crippen LogP contribution in [0.25, 0.3) is 22.0 Å². The number of benzene rings is 3. The lowest BCUT2D eigenvalue weighted by Crippen LogP contribution is -2.15. The van der Waals surface area contributed by atoms with Gasteiger partial charge < -0.3 is 9.30 Å². The first-order valence-corrected chi connectivity index (χ1v) is 9.45. The predicted octanol–water partition coefficient (Wildman–Crippen LogP) is 5.40. The third-order valence-electron chi connectivity index (χ3n) is 5.08. The topological polar surface area (TPSA) is 48.3 Å². The van der Waals surface area contributed by atoms with Gasteiger partial charge in [0.05, 0.1) is 19.3 Å². The molecule has 0 fully saturated rings. The summed E-state index contributed by atoms with van der Waals surface area (Å²) in [5, 5.41) is 0.948. The van der Waals surface area contributed by atoms with Crippen molar-refractivity contribution in [2.75, 3.05) is 7.11 Å². The van der Waals surface area contributed by atoms with Crippen LogP contribution in [0.2, 0.25) is 0 Å². The van der Waals surface area contributed by atoms with Gasteiger partial charge in [0, 0.05) is 29.0 Å². The van der Waals surface area contributed by atoms with Gasteiger partial charge in [-0.3, -0.25) is 9.59 Å². The Morgan fingerprint density at radius 2 is 1.52 bits per heavy atom. The van der Waals surface area contributed by atoms with Crippen molar-refractivity contribution in [1.29, 1.82) is 0 Å². The Kier molecular flexibility index (Phi) is 5.00. The van der Waals surface area contributed by atoms with Crippen LogP contribution < -0.4 is 4.74 Å². The molecule has 29 heavy (non-hydrogen) atoms. The Morgan fingerprint density at radius 3 is 2.17 bits per heavy atom. The van der Waals surface area contributed by atoms with Crippen molar-refractivity contribution >= 4 is 22.5 Å². The number of ketones is 2. The molecule has 0 atom stereocenters. The van der Waals surface area contributed by atoms with E-state index in [0.717, 1.165) is 27.8 Å². The fourth-order valence-electron chi connectivity index (χ4n) is 3.74. The number of rotatable bonds is 6. The Morgan fingerprint density at radius 1 is 0.862 bits per heavy atom. The van der Waals surface area contributed by atoms with E-state index in [-0.39, 0.29) is 18.1 Å². The monoisotopic (exact) mass is 383 g/mol. The number of Topliss-reactive ketones (excluding diaryl/α,β-unsaturated/α-hetero) is 2. The summed E-state index contributed by atoms with van der Waals surface area (Å²) in [4.78, 5) is 25.6. The average molecular weight is 383 g/mol. The van der Waals surface area contributed by atoms with E-state index in [9.17, 15) is 9.59 Å². The minimum absolute atomic E-state index is 0.0323. The molecule has 4 heteroatoms. The molecule has 0 N–H and O–H groups in total. The van der Waals surface area contributed by atoms with Crippen LogP contribution in [0.15, 0.2) is 78.9 Å². The molecule has 4 rings (SSSR count). The molecule has 0 amide bonds. The highest BCUT2D eigenvalue weighted by atomic mass is 16.5. The number of hydrogen-bond donors (Lipinski definition) is 0. The molecule has 1 heterocycles. The molecule has 0 aliphatic carbocycles. The van der Waals surface area contributed by atoms with E-state index < -0.39 is 0 Å². The van der Waals surface area contributed by atoms with Gasteiger partial charge in [0.1, 0.15) is 5.75 Å². The summed E-state index contributed by atoms with van der Waals surface area (Å²) in [6.45, 7) is 1.65. The third kappa shape index (κ3) is 3.45. The Hall–Kier alpha value is -3.66. The largest absolute Gasteiger partial charge is 0.497 e. The molecule has 0 saturated heterocycles. The summed E-state index contributed by atoms with van der Waals surface area (Å²) >= 11 is 0. The smallest absolute Gasteiger partial charge is 0.182 e. The number of aromatic nitrogens is 1. The van der Waals surface area contributed by atoms with E-state index in [1.165, 1.54) is 0 Å². The van der Waals surface area contributed by atoms with E-state index >= 15 is 0 Å². The van der Waals surface area contributed by atoms with Gasteiger partial charge in [-0.05, 0) is 23.8 Å². The lowest BCUT2D eigenvalue weighted by molar-refractivity contribution is 0.0968. The molecule has 144 valence electrons. The maximum Gasteiger partial charge on any atom is 0.182 e. The third-order valence-corrected chi connectivity index (χ3v) is 5.08. The number of methoxy groups -OCH3 is 1. The molecule has 1 aromatic heterocycles. The molecule has 0 bridgehead atoms.